The number of benzene rings is 3. The number of fused-ring (bicyclic) bond motifs is 2. The molecule has 0 aliphatic carbocycles. The third-order valence-electron chi connectivity index (χ3n) is 6.86. The maximum atomic E-state index is 10.7. The first-order valence-electron chi connectivity index (χ1n) is 14.2. The van der Waals surface area contributed by atoms with Gasteiger partial charge in [-0.1, -0.05) is 54.6 Å². The maximum Gasteiger partial charge on any atom is 0.496 e. The summed E-state index contributed by atoms with van der Waals surface area (Å²) in [7, 11) is -2.19. The zero-order chi connectivity index (χ0) is 30.6. The molecule has 12 nitrogen and oxygen atoms in total. The second-order valence-electron chi connectivity index (χ2n) is 9.89. The Kier molecular flexibility index (Phi) is 12.4. The number of ether oxygens (including phenoxy) is 3. The minimum Gasteiger partial charge on any atom is -0.494 e. The molecule has 5 rings (SSSR count). The molecule has 0 bridgehead atoms. The Labute approximate surface area is 250 Å². The van der Waals surface area contributed by atoms with Crippen molar-refractivity contribution in [2.75, 3.05) is 39.5 Å². The van der Waals surface area contributed by atoms with Gasteiger partial charge in [0.15, 0.2) is 0 Å². The first-order chi connectivity index (χ1) is 20.9. The summed E-state index contributed by atoms with van der Waals surface area (Å²) in [5.41, 5.74) is 9.30. The molecular weight excluding hydrogens is 558 g/mol. The van der Waals surface area contributed by atoms with Crippen molar-refractivity contribution < 1.29 is 43.6 Å². The van der Waals surface area contributed by atoms with Gasteiger partial charge in [0.2, 0.25) is 6.54 Å². The van der Waals surface area contributed by atoms with E-state index in [1.165, 1.54) is 0 Å². The molecule has 43 heavy (non-hydrogen) atoms. The number of hydrogen-bond acceptors (Lipinski definition) is 11. The molecule has 5 N–H and O–H groups in total. The second-order valence-corrected chi connectivity index (χ2v) is 9.89. The number of nitrogens with zero attached hydrogens (tertiary/aromatic N) is 1. The number of nitro groups is 1. The molecule has 0 fully saturated rings. The molecule has 228 valence electrons. The number of aliphatic hydroxyl groups excluding tert-OH is 1. The predicted octanol–water partition coefficient (Wildman–Crippen LogP) is 0.873. The average Bonchev–Trinajstić information content (AvgIpc) is 3.51. The molecule has 0 spiro atoms. The van der Waals surface area contributed by atoms with Crippen LogP contribution in [0.3, 0.4) is 0 Å². The second kappa shape index (κ2) is 16.4. The fourth-order valence-electron chi connectivity index (χ4n) is 4.87. The molecule has 2 heterocycles. The molecule has 0 radical (unpaired) electrons. The smallest absolute Gasteiger partial charge is 0.494 e. The van der Waals surface area contributed by atoms with Crippen molar-refractivity contribution in [3.63, 3.8) is 0 Å². The van der Waals surface area contributed by atoms with Gasteiger partial charge in [0.05, 0.1) is 32.5 Å². The van der Waals surface area contributed by atoms with Gasteiger partial charge in [0.1, 0.15) is 17.6 Å². The highest BCUT2D eigenvalue weighted by Gasteiger charge is 2.40. The number of nitrogens with two attached hydrogens (primary N) is 1. The van der Waals surface area contributed by atoms with Crippen LogP contribution in [-0.4, -0.2) is 73.8 Å². The van der Waals surface area contributed by atoms with Crippen molar-refractivity contribution in [3.05, 3.63) is 93.5 Å². The molecule has 3 aromatic rings. The van der Waals surface area contributed by atoms with Crippen molar-refractivity contribution >= 4 is 25.2 Å². The topological polar surface area (TPSA) is 176 Å². The Morgan fingerprint density at radius 1 is 0.814 bits per heavy atom. The van der Waals surface area contributed by atoms with Crippen LogP contribution in [0.25, 0.3) is 0 Å². The summed E-state index contributed by atoms with van der Waals surface area (Å²) >= 11 is 0. The van der Waals surface area contributed by atoms with Crippen molar-refractivity contribution in [2.45, 2.75) is 31.7 Å². The highest BCUT2D eigenvalue weighted by Crippen LogP contribution is 2.28. The van der Waals surface area contributed by atoms with Crippen LogP contribution in [0.2, 0.25) is 0 Å². The van der Waals surface area contributed by atoms with Gasteiger partial charge in [0, 0.05) is 41.8 Å². The summed E-state index contributed by atoms with van der Waals surface area (Å²) in [6.07, 6.45) is 0.210. The quantitative estimate of drug-likeness (QED) is 0.0902. The predicted molar refractivity (Wildman–Crippen MR) is 160 cm³/mol. The Hall–Kier alpha value is -3.49. The van der Waals surface area contributed by atoms with E-state index in [-0.39, 0.29) is 19.3 Å². The number of rotatable bonds is 14. The normalized spacial score (nSPS) is 16.7. The minimum absolute atomic E-state index is 0.0828. The monoisotopic (exact) mass is 594 g/mol. The highest BCUT2D eigenvalue weighted by atomic mass is 16.6. The summed E-state index contributed by atoms with van der Waals surface area (Å²) in [6, 6.07) is 20.6. The van der Waals surface area contributed by atoms with Crippen molar-refractivity contribution in [1.29, 1.82) is 0 Å². The van der Waals surface area contributed by atoms with E-state index >= 15 is 0 Å². The fraction of sp³-hybridized carbons (Fsp3) is 0.379. The van der Waals surface area contributed by atoms with Gasteiger partial charge < -0.3 is 44.4 Å². The molecule has 0 amide bonds. The minimum atomic E-state index is -1.21. The molecule has 0 unspecified atom stereocenters. The lowest BCUT2D eigenvalue weighted by atomic mass is 9.78. The van der Waals surface area contributed by atoms with Crippen LogP contribution in [-0.2, 0) is 20.7 Å². The summed E-state index contributed by atoms with van der Waals surface area (Å²) in [4.78, 5) is 10.3. The van der Waals surface area contributed by atoms with Crippen LogP contribution < -0.4 is 26.1 Å². The van der Waals surface area contributed by atoms with Crippen LogP contribution in [0.5, 0.6) is 11.5 Å². The molecule has 2 aliphatic heterocycles. The van der Waals surface area contributed by atoms with Crippen molar-refractivity contribution in [2.24, 2.45) is 5.73 Å². The van der Waals surface area contributed by atoms with E-state index in [0.717, 1.165) is 11.1 Å². The van der Waals surface area contributed by atoms with Crippen molar-refractivity contribution in [1.82, 2.24) is 0 Å². The van der Waals surface area contributed by atoms with Gasteiger partial charge in [-0.3, -0.25) is 10.1 Å². The lowest BCUT2D eigenvalue weighted by Gasteiger charge is -2.11. The van der Waals surface area contributed by atoms with E-state index in [1.54, 1.807) is 24.3 Å². The van der Waals surface area contributed by atoms with Crippen molar-refractivity contribution in [3.8, 4) is 11.5 Å². The molecule has 0 aromatic heterocycles. The SMILES string of the molecule is NC[C@@H]1OB(O)c2c(OCCCO)cccc21.O=[N+]([O-])C[C@@H]1OB(O)c2c(OCCCOCc3ccccc3)cccc21. The molecular formula is C29H36B2N2O10. The zero-order valence-corrected chi connectivity index (χ0v) is 23.7. The van der Waals surface area contributed by atoms with Gasteiger partial charge >= 0.3 is 14.2 Å². The lowest BCUT2D eigenvalue weighted by molar-refractivity contribution is -0.490. The summed E-state index contributed by atoms with van der Waals surface area (Å²) in [5, 5.41) is 39.3. The Balaban J connectivity index is 0.000000215. The number of aliphatic hydroxyl groups is 1. The molecule has 2 aliphatic rings. The Bertz CT molecular complexity index is 1320. The van der Waals surface area contributed by atoms with Gasteiger partial charge in [-0.15, -0.1) is 0 Å². The summed E-state index contributed by atoms with van der Waals surface area (Å²) < 4.78 is 27.5. The fourth-order valence-corrected chi connectivity index (χ4v) is 4.87. The van der Waals surface area contributed by atoms with Crippen LogP contribution in [0.1, 0.15) is 41.7 Å². The lowest BCUT2D eigenvalue weighted by Crippen LogP contribution is -2.30. The van der Waals surface area contributed by atoms with E-state index in [9.17, 15) is 20.2 Å². The third kappa shape index (κ3) is 8.77. The van der Waals surface area contributed by atoms with E-state index in [2.05, 4.69) is 0 Å². The molecule has 3 aromatic carbocycles. The van der Waals surface area contributed by atoms with E-state index in [0.29, 0.717) is 73.8 Å². The highest BCUT2D eigenvalue weighted by molar-refractivity contribution is 6.63. The van der Waals surface area contributed by atoms with Gasteiger partial charge in [-0.25, -0.2) is 0 Å². The Morgan fingerprint density at radius 3 is 1.98 bits per heavy atom. The zero-order valence-electron chi connectivity index (χ0n) is 23.7. The van der Waals surface area contributed by atoms with E-state index in [1.807, 2.05) is 42.5 Å². The van der Waals surface area contributed by atoms with E-state index < -0.39 is 25.3 Å². The third-order valence-corrected chi connectivity index (χ3v) is 6.86. The van der Waals surface area contributed by atoms with E-state index in [4.69, 9.17) is 34.4 Å². The molecule has 0 saturated carbocycles. The van der Waals surface area contributed by atoms with Gasteiger partial charge in [0.25, 0.3) is 0 Å². The standard InChI is InChI=1S/C18H20BNO6.C11H16BNO4/c21-19-18-15(17(26-19)12-20(22)23)8-4-9-16(18)25-11-5-10-24-13-14-6-2-1-3-7-14;13-7-10-8-3-1-4-9(16-6-2-5-14)11(8)12(15)17-10/h1-4,6-9,17,21H,5,10-13H2;1,3-4,10,14-15H,2,5-7,13H2/t17-;10-/m00/s1. The number of hydrogen-bond donors (Lipinski definition) is 4. The largest absolute Gasteiger partial charge is 0.496 e. The van der Waals surface area contributed by atoms with Crippen LogP contribution >= 0.6 is 0 Å². The molecule has 2 atom stereocenters. The van der Waals surface area contributed by atoms with Crippen LogP contribution in [0.15, 0.2) is 66.7 Å². The maximum absolute atomic E-state index is 10.7. The molecule has 14 heteroatoms. The van der Waals surface area contributed by atoms with Gasteiger partial charge in [-0.05, 0) is 28.8 Å². The first kappa shape index (κ1) is 32.4. The molecule has 0 saturated heterocycles. The summed E-state index contributed by atoms with van der Waals surface area (Å²) in [5.74, 6) is 1.09. The Morgan fingerprint density at radius 2 is 1.40 bits per heavy atom. The first-order valence-corrected chi connectivity index (χ1v) is 14.2. The van der Waals surface area contributed by atoms with Gasteiger partial charge in [-0.2, -0.15) is 0 Å². The average molecular weight is 594 g/mol. The summed E-state index contributed by atoms with van der Waals surface area (Å²) in [6.45, 7) is 1.94. The van der Waals surface area contributed by atoms with Crippen LogP contribution in [0, 0.1) is 10.1 Å². The van der Waals surface area contributed by atoms with Crippen LogP contribution in [0.4, 0.5) is 0 Å².